The van der Waals surface area contributed by atoms with Crippen LogP contribution >= 0.6 is 11.6 Å². The number of nitrogens with zero attached hydrogens (tertiary/aromatic N) is 3. The lowest BCUT2D eigenvalue weighted by Gasteiger charge is -2.15. The van der Waals surface area contributed by atoms with E-state index in [2.05, 4.69) is 24.7 Å². The molecular formula is C13H18ClN3O3Si. The first-order chi connectivity index (χ1) is 9.79. The summed E-state index contributed by atoms with van der Waals surface area (Å²) in [6.07, 6.45) is 1.46. The fraction of sp³-hybridized carbons (Fsp3) is 0.462. The zero-order valence-electron chi connectivity index (χ0n) is 12.3. The molecule has 0 aliphatic carbocycles. The van der Waals surface area contributed by atoms with Gasteiger partial charge in [0.15, 0.2) is 0 Å². The maximum absolute atomic E-state index is 11.1. The van der Waals surface area contributed by atoms with Crippen LogP contribution in [-0.2, 0) is 11.5 Å². The number of hydrogen-bond donors (Lipinski definition) is 0. The van der Waals surface area contributed by atoms with Crippen molar-refractivity contribution in [1.82, 2.24) is 9.78 Å². The summed E-state index contributed by atoms with van der Waals surface area (Å²) in [5.74, 6) is 0. The Morgan fingerprint density at radius 1 is 1.43 bits per heavy atom. The van der Waals surface area contributed by atoms with Crippen molar-refractivity contribution in [3.05, 3.63) is 33.5 Å². The summed E-state index contributed by atoms with van der Waals surface area (Å²) in [5, 5.41) is 15.8. The molecule has 1 aromatic heterocycles. The third-order valence-corrected chi connectivity index (χ3v) is 5.15. The van der Waals surface area contributed by atoms with E-state index in [1.165, 1.54) is 12.3 Å². The van der Waals surface area contributed by atoms with Crippen molar-refractivity contribution in [2.75, 3.05) is 6.61 Å². The van der Waals surface area contributed by atoms with E-state index in [1.807, 2.05) is 0 Å². The van der Waals surface area contributed by atoms with Crippen molar-refractivity contribution < 1.29 is 9.66 Å². The Hall–Kier alpha value is -1.44. The number of benzene rings is 1. The Morgan fingerprint density at radius 3 is 2.76 bits per heavy atom. The van der Waals surface area contributed by atoms with Crippen LogP contribution in [0, 0.1) is 10.1 Å². The first kappa shape index (κ1) is 15.9. The largest absolute Gasteiger partial charge is 0.360 e. The van der Waals surface area contributed by atoms with Crippen molar-refractivity contribution in [2.24, 2.45) is 0 Å². The lowest BCUT2D eigenvalue weighted by Crippen LogP contribution is -2.22. The van der Waals surface area contributed by atoms with E-state index < -0.39 is 13.0 Å². The third-order valence-electron chi connectivity index (χ3n) is 3.14. The van der Waals surface area contributed by atoms with Gasteiger partial charge in [-0.3, -0.25) is 10.1 Å². The molecule has 0 aliphatic rings. The quantitative estimate of drug-likeness (QED) is 0.349. The molecule has 2 aromatic rings. The van der Waals surface area contributed by atoms with Crippen LogP contribution in [0.5, 0.6) is 0 Å². The molecule has 0 radical (unpaired) electrons. The second kappa shape index (κ2) is 6.13. The Bertz CT molecular complexity index is 666. The van der Waals surface area contributed by atoms with Crippen LogP contribution in [0.25, 0.3) is 10.9 Å². The van der Waals surface area contributed by atoms with Gasteiger partial charge in [0.05, 0.1) is 22.0 Å². The van der Waals surface area contributed by atoms with Crippen molar-refractivity contribution in [3.63, 3.8) is 0 Å². The lowest BCUT2D eigenvalue weighted by atomic mass is 10.2. The average Bonchev–Trinajstić information content (AvgIpc) is 2.75. The summed E-state index contributed by atoms with van der Waals surface area (Å²) in [7, 11) is -1.13. The smallest absolute Gasteiger partial charge is 0.298 e. The molecule has 0 N–H and O–H groups in total. The summed E-state index contributed by atoms with van der Waals surface area (Å²) >= 11 is 5.88. The highest BCUT2D eigenvalue weighted by atomic mass is 35.5. The maximum atomic E-state index is 11.1. The SMILES string of the molecule is C[Si](C)(C)CCOCn1ncc2c([N+](=O)[O-])c(Cl)ccc21. The van der Waals surface area contributed by atoms with E-state index in [-0.39, 0.29) is 17.4 Å². The van der Waals surface area contributed by atoms with Gasteiger partial charge in [0, 0.05) is 14.7 Å². The van der Waals surface area contributed by atoms with Crippen LogP contribution in [0.3, 0.4) is 0 Å². The lowest BCUT2D eigenvalue weighted by molar-refractivity contribution is -0.382. The summed E-state index contributed by atoms with van der Waals surface area (Å²) in [5.41, 5.74) is 0.543. The summed E-state index contributed by atoms with van der Waals surface area (Å²) in [6.45, 7) is 7.81. The molecule has 0 saturated heterocycles. The molecule has 0 atom stereocenters. The number of halogens is 1. The van der Waals surface area contributed by atoms with E-state index in [9.17, 15) is 10.1 Å². The predicted molar refractivity (Wildman–Crippen MR) is 85.5 cm³/mol. The molecular weight excluding hydrogens is 310 g/mol. The minimum absolute atomic E-state index is 0.109. The highest BCUT2D eigenvalue weighted by molar-refractivity contribution is 6.76. The van der Waals surface area contributed by atoms with Crippen LogP contribution in [0.15, 0.2) is 18.3 Å². The fourth-order valence-corrected chi connectivity index (χ4v) is 2.92. The van der Waals surface area contributed by atoms with Crippen LogP contribution in [0.2, 0.25) is 30.7 Å². The predicted octanol–water partition coefficient (Wildman–Crippen LogP) is 3.91. The molecule has 2 rings (SSSR count). The maximum Gasteiger partial charge on any atom is 0.298 e. The van der Waals surface area contributed by atoms with Gasteiger partial charge in [-0.25, -0.2) is 4.68 Å². The van der Waals surface area contributed by atoms with Gasteiger partial charge >= 0.3 is 0 Å². The van der Waals surface area contributed by atoms with Crippen LogP contribution < -0.4 is 0 Å². The Labute approximate surface area is 128 Å². The Balaban J connectivity index is 2.16. The van der Waals surface area contributed by atoms with Crippen molar-refractivity contribution in [2.45, 2.75) is 32.4 Å². The van der Waals surface area contributed by atoms with Gasteiger partial charge in [-0.05, 0) is 18.2 Å². The fourth-order valence-electron chi connectivity index (χ4n) is 1.93. The normalized spacial score (nSPS) is 12.0. The molecule has 1 aromatic carbocycles. The standard InChI is InChI=1S/C13H18ClN3O3Si/c1-21(2,3)7-6-20-9-16-12-5-4-11(14)13(17(18)19)10(12)8-15-16/h4-5,8H,6-7,9H2,1-3H3. The van der Waals surface area contributed by atoms with Gasteiger partial charge in [-0.1, -0.05) is 31.2 Å². The number of nitro benzene ring substituents is 1. The molecule has 8 heteroatoms. The molecule has 0 spiro atoms. The van der Waals surface area contributed by atoms with Gasteiger partial charge in [0.25, 0.3) is 5.69 Å². The second-order valence-corrected chi connectivity index (χ2v) is 12.1. The van der Waals surface area contributed by atoms with Crippen LogP contribution in [-0.4, -0.2) is 29.4 Å². The zero-order chi connectivity index (χ0) is 15.6. The number of hydrogen-bond acceptors (Lipinski definition) is 4. The Kier molecular flexibility index (Phi) is 4.65. The van der Waals surface area contributed by atoms with Gasteiger partial charge in [-0.2, -0.15) is 5.10 Å². The topological polar surface area (TPSA) is 70.2 Å². The van der Waals surface area contributed by atoms with E-state index in [0.29, 0.717) is 17.5 Å². The molecule has 0 unspecified atom stereocenters. The first-order valence-corrected chi connectivity index (χ1v) is 10.7. The number of nitro groups is 1. The van der Waals surface area contributed by atoms with Gasteiger partial charge in [0.1, 0.15) is 11.8 Å². The summed E-state index contributed by atoms with van der Waals surface area (Å²) in [6, 6.07) is 4.31. The Morgan fingerprint density at radius 2 is 2.14 bits per heavy atom. The minimum atomic E-state index is -1.13. The zero-order valence-corrected chi connectivity index (χ0v) is 14.1. The monoisotopic (exact) mass is 327 g/mol. The summed E-state index contributed by atoms with van der Waals surface area (Å²) < 4.78 is 7.24. The molecule has 0 aliphatic heterocycles. The minimum Gasteiger partial charge on any atom is -0.360 e. The van der Waals surface area contributed by atoms with E-state index in [0.717, 1.165) is 6.04 Å². The van der Waals surface area contributed by atoms with E-state index in [4.69, 9.17) is 16.3 Å². The molecule has 114 valence electrons. The summed E-state index contributed by atoms with van der Waals surface area (Å²) in [4.78, 5) is 10.6. The molecule has 0 amide bonds. The molecule has 0 bridgehead atoms. The molecule has 21 heavy (non-hydrogen) atoms. The van der Waals surface area contributed by atoms with E-state index >= 15 is 0 Å². The van der Waals surface area contributed by atoms with Crippen LogP contribution in [0.1, 0.15) is 0 Å². The number of aromatic nitrogens is 2. The van der Waals surface area contributed by atoms with E-state index in [1.54, 1.807) is 10.7 Å². The second-order valence-electron chi connectivity index (χ2n) is 6.08. The number of rotatable bonds is 6. The molecule has 0 saturated carbocycles. The van der Waals surface area contributed by atoms with Gasteiger partial charge in [-0.15, -0.1) is 0 Å². The number of ether oxygens (including phenoxy) is 1. The molecule has 6 nitrogen and oxygen atoms in total. The highest BCUT2D eigenvalue weighted by Crippen LogP contribution is 2.32. The van der Waals surface area contributed by atoms with Crippen LogP contribution in [0.4, 0.5) is 5.69 Å². The third kappa shape index (κ3) is 3.81. The van der Waals surface area contributed by atoms with Crippen molar-refractivity contribution >= 4 is 36.3 Å². The van der Waals surface area contributed by atoms with Gasteiger partial charge < -0.3 is 4.74 Å². The molecule has 0 fully saturated rings. The van der Waals surface area contributed by atoms with Gasteiger partial charge in [0.2, 0.25) is 0 Å². The first-order valence-electron chi connectivity index (χ1n) is 6.66. The van der Waals surface area contributed by atoms with Crippen molar-refractivity contribution in [3.8, 4) is 0 Å². The van der Waals surface area contributed by atoms with Crippen molar-refractivity contribution in [1.29, 1.82) is 0 Å². The number of fused-ring (bicyclic) bond motifs is 1. The highest BCUT2D eigenvalue weighted by Gasteiger charge is 2.20. The molecule has 1 heterocycles. The average molecular weight is 328 g/mol.